The number of allylic oxidation sites excluding steroid dienone is 1. The smallest absolute Gasteiger partial charge is 0.269 e. The van der Waals surface area contributed by atoms with E-state index in [1.54, 1.807) is 42.5 Å². The third kappa shape index (κ3) is 5.39. The average molecular weight is 504 g/mol. The molecular weight excluding hydrogens is 491 g/mol. The standard InChI is InChI=1S/C22H13BrCl2N2O3/c23-17-3-8-22(30-13-14-1-5-19(6-2-14)27(28)29)15(10-17)9-16(12-26)20-7-4-18(24)11-21(20)25/h1-11H,13H2/b16-9+. The Kier molecular flexibility index (Phi) is 7.11. The fraction of sp³-hybridized carbons (Fsp3) is 0.0455. The van der Waals surface area contributed by atoms with Crippen LogP contribution in [0, 0.1) is 21.4 Å². The zero-order valence-corrected chi connectivity index (χ0v) is 18.4. The molecule has 3 aromatic carbocycles. The molecule has 0 saturated carbocycles. The molecule has 0 aliphatic heterocycles. The molecule has 0 aliphatic rings. The third-order valence-electron chi connectivity index (χ3n) is 4.15. The second-order valence-corrected chi connectivity index (χ2v) is 7.95. The maximum Gasteiger partial charge on any atom is 0.269 e. The van der Waals surface area contributed by atoms with Gasteiger partial charge in [-0.1, -0.05) is 45.2 Å². The Balaban J connectivity index is 1.90. The molecule has 0 atom stereocenters. The van der Waals surface area contributed by atoms with E-state index in [0.29, 0.717) is 32.5 Å². The molecule has 0 radical (unpaired) electrons. The first-order valence-electron chi connectivity index (χ1n) is 8.60. The predicted octanol–water partition coefficient (Wildman–Crippen LogP) is 7.31. The van der Waals surface area contributed by atoms with Crippen molar-refractivity contribution in [2.75, 3.05) is 0 Å². The average Bonchev–Trinajstić information content (AvgIpc) is 2.72. The zero-order chi connectivity index (χ0) is 21.7. The molecule has 3 aromatic rings. The van der Waals surface area contributed by atoms with E-state index in [0.717, 1.165) is 10.0 Å². The number of hydrogen-bond donors (Lipinski definition) is 0. The Morgan fingerprint density at radius 1 is 1.13 bits per heavy atom. The molecule has 0 bridgehead atoms. The lowest BCUT2D eigenvalue weighted by atomic mass is 10.0. The van der Waals surface area contributed by atoms with Gasteiger partial charge in [0.25, 0.3) is 5.69 Å². The third-order valence-corrected chi connectivity index (χ3v) is 5.20. The Labute approximate surface area is 191 Å². The molecule has 5 nitrogen and oxygen atoms in total. The van der Waals surface area contributed by atoms with Crippen LogP contribution in [0.15, 0.2) is 65.1 Å². The predicted molar refractivity (Wildman–Crippen MR) is 122 cm³/mol. The van der Waals surface area contributed by atoms with Gasteiger partial charge in [-0.05, 0) is 54.1 Å². The molecule has 0 fully saturated rings. The van der Waals surface area contributed by atoms with Crippen LogP contribution in [0.4, 0.5) is 5.69 Å². The summed E-state index contributed by atoms with van der Waals surface area (Å²) in [4.78, 5) is 10.3. The Hall–Kier alpha value is -2.85. The largest absolute Gasteiger partial charge is 0.488 e. The second kappa shape index (κ2) is 9.77. The molecule has 150 valence electrons. The number of hydrogen-bond acceptors (Lipinski definition) is 4. The maximum atomic E-state index is 10.8. The van der Waals surface area contributed by atoms with Crippen LogP contribution in [0.3, 0.4) is 0 Å². The molecule has 0 heterocycles. The number of nitro benzene ring substituents is 1. The van der Waals surface area contributed by atoms with Gasteiger partial charge >= 0.3 is 0 Å². The monoisotopic (exact) mass is 502 g/mol. The van der Waals surface area contributed by atoms with Gasteiger partial charge in [0.2, 0.25) is 0 Å². The first-order valence-corrected chi connectivity index (χ1v) is 10.1. The van der Waals surface area contributed by atoms with Gasteiger partial charge in [-0.15, -0.1) is 0 Å². The minimum absolute atomic E-state index is 0.0181. The fourth-order valence-corrected chi connectivity index (χ4v) is 3.56. The fourth-order valence-electron chi connectivity index (χ4n) is 2.67. The van der Waals surface area contributed by atoms with Crippen LogP contribution in [0.2, 0.25) is 10.0 Å². The number of halogens is 3. The zero-order valence-electron chi connectivity index (χ0n) is 15.3. The van der Waals surface area contributed by atoms with E-state index in [9.17, 15) is 15.4 Å². The van der Waals surface area contributed by atoms with Crippen LogP contribution in [0.1, 0.15) is 16.7 Å². The van der Waals surface area contributed by atoms with Gasteiger partial charge in [0.15, 0.2) is 0 Å². The summed E-state index contributed by atoms with van der Waals surface area (Å²) in [7, 11) is 0. The van der Waals surface area contributed by atoms with Crippen molar-refractivity contribution in [1.29, 1.82) is 5.26 Å². The number of non-ortho nitro benzene ring substituents is 1. The lowest BCUT2D eigenvalue weighted by molar-refractivity contribution is -0.384. The highest BCUT2D eigenvalue weighted by Crippen LogP contribution is 2.32. The van der Waals surface area contributed by atoms with Crippen LogP contribution in [0.5, 0.6) is 5.75 Å². The van der Waals surface area contributed by atoms with E-state index < -0.39 is 4.92 Å². The van der Waals surface area contributed by atoms with Gasteiger partial charge in [-0.25, -0.2) is 0 Å². The normalized spacial score (nSPS) is 11.1. The summed E-state index contributed by atoms with van der Waals surface area (Å²) in [5.74, 6) is 0.550. The van der Waals surface area contributed by atoms with Crippen molar-refractivity contribution in [3.05, 3.63) is 102 Å². The van der Waals surface area contributed by atoms with Crippen molar-refractivity contribution in [2.24, 2.45) is 0 Å². The summed E-state index contributed by atoms with van der Waals surface area (Å²) in [6.07, 6.45) is 1.69. The number of nitriles is 1. The van der Waals surface area contributed by atoms with E-state index in [1.165, 1.54) is 12.1 Å². The minimum Gasteiger partial charge on any atom is -0.488 e. The SMILES string of the molecule is N#C/C(=C\c1cc(Br)ccc1OCc1ccc([N+](=O)[O-])cc1)c1ccc(Cl)cc1Cl. The Bertz CT molecular complexity index is 1170. The molecule has 8 heteroatoms. The summed E-state index contributed by atoms with van der Waals surface area (Å²) >= 11 is 15.6. The lowest BCUT2D eigenvalue weighted by Gasteiger charge is -2.11. The summed E-state index contributed by atoms with van der Waals surface area (Å²) in [6, 6.07) is 18.7. The lowest BCUT2D eigenvalue weighted by Crippen LogP contribution is -1.98. The van der Waals surface area contributed by atoms with Gasteiger partial charge < -0.3 is 4.74 Å². The van der Waals surface area contributed by atoms with E-state index in [1.807, 2.05) is 12.1 Å². The van der Waals surface area contributed by atoms with E-state index in [4.69, 9.17) is 27.9 Å². The van der Waals surface area contributed by atoms with Crippen molar-refractivity contribution in [2.45, 2.75) is 6.61 Å². The summed E-state index contributed by atoms with van der Waals surface area (Å²) < 4.78 is 6.73. The van der Waals surface area contributed by atoms with E-state index in [2.05, 4.69) is 22.0 Å². The highest BCUT2D eigenvalue weighted by molar-refractivity contribution is 9.10. The van der Waals surface area contributed by atoms with Crippen molar-refractivity contribution in [3.8, 4) is 11.8 Å². The quantitative estimate of drug-likeness (QED) is 0.153. The number of nitro groups is 1. The molecular formula is C22H13BrCl2N2O3. The first-order chi connectivity index (χ1) is 14.4. The van der Waals surface area contributed by atoms with Crippen LogP contribution in [-0.4, -0.2) is 4.92 Å². The van der Waals surface area contributed by atoms with Crippen LogP contribution >= 0.6 is 39.1 Å². The first kappa shape index (κ1) is 21.8. The topological polar surface area (TPSA) is 76.2 Å². The van der Waals surface area contributed by atoms with Crippen LogP contribution in [0.25, 0.3) is 11.6 Å². The second-order valence-electron chi connectivity index (χ2n) is 6.19. The van der Waals surface area contributed by atoms with Crippen molar-refractivity contribution >= 4 is 56.5 Å². The van der Waals surface area contributed by atoms with Gasteiger partial charge in [-0.2, -0.15) is 5.26 Å². The van der Waals surface area contributed by atoms with Crippen LogP contribution in [-0.2, 0) is 6.61 Å². The molecule has 0 unspecified atom stereocenters. The van der Waals surface area contributed by atoms with E-state index in [-0.39, 0.29) is 12.3 Å². The molecule has 30 heavy (non-hydrogen) atoms. The number of ether oxygens (including phenoxy) is 1. The Morgan fingerprint density at radius 2 is 1.87 bits per heavy atom. The number of rotatable bonds is 6. The summed E-state index contributed by atoms with van der Waals surface area (Å²) in [6.45, 7) is 0.212. The van der Waals surface area contributed by atoms with Gasteiger partial charge in [0.05, 0.1) is 21.6 Å². The summed E-state index contributed by atoms with van der Waals surface area (Å²) in [5.41, 5.74) is 2.39. The van der Waals surface area contributed by atoms with Gasteiger partial charge in [0, 0.05) is 32.8 Å². The molecule has 0 spiro atoms. The van der Waals surface area contributed by atoms with Crippen molar-refractivity contribution in [1.82, 2.24) is 0 Å². The van der Waals surface area contributed by atoms with E-state index >= 15 is 0 Å². The molecule has 3 rings (SSSR count). The van der Waals surface area contributed by atoms with Gasteiger partial charge in [-0.3, -0.25) is 10.1 Å². The highest BCUT2D eigenvalue weighted by atomic mass is 79.9. The molecule has 0 N–H and O–H groups in total. The minimum atomic E-state index is -0.451. The summed E-state index contributed by atoms with van der Waals surface area (Å²) in [5, 5.41) is 21.3. The van der Waals surface area contributed by atoms with Crippen molar-refractivity contribution in [3.63, 3.8) is 0 Å². The maximum absolute atomic E-state index is 10.8. The number of benzene rings is 3. The Morgan fingerprint density at radius 3 is 2.50 bits per heavy atom. The van der Waals surface area contributed by atoms with Crippen LogP contribution < -0.4 is 4.74 Å². The molecule has 0 saturated heterocycles. The molecule has 0 aliphatic carbocycles. The number of nitrogens with zero attached hydrogens (tertiary/aromatic N) is 2. The molecule has 0 amide bonds. The van der Waals surface area contributed by atoms with Gasteiger partial charge in [0.1, 0.15) is 12.4 Å². The molecule has 0 aromatic heterocycles. The van der Waals surface area contributed by atoms with Crippen molar-refractivity contribution < 1.29 is 9.66 Å². The highest BCUT2D eigenvalue weighted by Gasteiger charge is 2.11.